The molecule has 3 N–H and O–H groups in total. The van der Waals surface area contributed by atoms with Crippen molar-refractivity contribution < 1.29 is 17.9 Å². The normalized spacial score (nSPS) is 10.7. The molecular formula is C12H13F3N2O. The fourth-order valence-electron chi connectivity index (χ4n) is 1.19. The Morgan fingerprint density at radius 1 is 1.39 bits per heavy atom. The minimum atomic E-state index is -4.72. The van der Waals surface area contributed by atoms with E-state index in [9.17, 15) is 13.2 Å². The molecule has 0 spiro atoms. The van der Waals surface area contributed by atoms with Crippen LogP contribution in [0.15, 0.2) is 18.2 Å². The molecule has 0 heterocycles. The van der Waals surface area contributed by atoms with Crippen LogP contribution in [0.2, 0.25) is 0 Å². The summed E-state index contributed by atoms with van der Waals surface area (Å²) in [5.41, 5.74) is 6.26. The van der Waals surface area contributed by atoms with Gasteiger partial charge in [0.05, 0.1) is 5.56 Å². The quantitative estimate of drug-likeness (QED) is 0.496. The molecule has 0 amide bonds. The van der Waals surface area contributed by atoms with Gasteiger partial charge >= 0.3 is 6.36 Å². The maximum absolute atomic E-state index is 12.0. The minimum absolute atomic E-state index is 0.321. The van der Waals surface area contributed by atoms with Crippen molar-refractivity contribution in [3.63, 3.8) is 0 Å². The number of nitrogen functional groups attached to an aromatic ring is 1. The van der Waals surface area contributed by atoms with E-state index in [0.717, 1.165) is 6.07 Å². The van der Waals surface area contributed by atoms with E-state index < -0.39 is 6.36 Å². The van der Waals surface area contributed by atoms with Crippen LogP contribution in [0.5, 0.6) is 5.75 Å². The van der Waals surface area contributed by atoms with Gasteiger partial charge in [-0.05, 0) is 25.2 Å². The van der Waals surface area contributed by atoms with E-state index in [1.165, 1.54) is 12.1 Å². The first kappa shape index (κ1) is 14.2. The lowest BCUT2D eigenvalue weighted by Crippen LogP contribution is -2.17. The predicted octanol–water partition coefficient (Wildman–Crippen LogP) is 2.13. The second-order valence-electron chi connectivity index (χ2n) is 3.45. The van der Waals surface area contributed by atoms with E-state index in [2.05, 4.69) is 21.9 Å². The molecule has 0 atom stereocenters. The molecule has 0 saturated carbocycles. The molecule has 0 aromatic heterocycles. The molecule has 0 saturated heterocycles. The highest BCUT2D eigenvalue weighted by Gasteiger charge is 2.31. The van der Waals surface area contributed by atoms with Gasteiger partial charge < -0.3 is 15.8 Å². The number of nitrogens with one attached hydrogen (secondary N) is 1. The number of ether oxygens (including phenoxy) is 1. The predicted molar refractivity (Wildman–Crippen MR) is 63.0 cm³/mol. The zero-order chi connectivity index (χ0) is 13.6. The maximum Gasteiger partial charge on any atom is 0.573 e. The van der Waals surface area contributed by atoms with Gasteiger partial charge in [-0.3, -0.25) is 0 Å². The third-order valence-corrected chi connectivity index (χ3v) is 1.98. The lowest BCUT2D eigenvalue weighted by atomic mass is 10.1. The Hall–Kier alpha value is -1.87. The van der Waals surface area contributed by atoms with Crippen molar-refractivity contribution >= 4 is 5.69 Å². The van der Waals surface area contributed by atoms with Crippen LogP contribution in [0.25, 0.3) is 0 Å². The van der Waals surface area contributed by atoms with Crippen molar-refractivity contribution in [1.82, 2.24) is 5.32 Å². The zero-order valence-corrected chi connectivity index (χ0v) is 9.77. The number of rotatable bonds is 3. The highest BCUT2D eigenvalue weighted by molar-refractivity contribution is 5.58. The molecule has 0 aliphatic rings. The average Bonchev–Trinajstić information content (AvgIpc) is 2.26. The van der Waals surface area contributed by atoms with Gasteiger partial charge in [-0.15, -0.1) is 13.2 Å². The van der Waals surface area contributed by atoms with Crippen LogP contribution in [0.4, 0.5) is 18.9 Å². The van der Waals surface area contributed by atoms with Gasteiger partial charge in [0, 0.05) is 18.7 Å². The van der Waals surface area contributed by atoms with Gasteiger partial charge in [0.1, 0.15) is 5.75 Å². The summed E-state index contributed by atoms with van der Waals surface area (Å²) in [7, 11) is 1.79. The first-order valence-corrected chi connectivity index (χ1v) is 5.21. The summed E-state index contributed by atoms with van der Waals surface area (Å²) >= 11 is 0. The van der Waals surface area contributed by atoms with Crippen molar-refractivity contribution in [3.8, 4) is 17.6 Å². The highest BCUT2D eigenvalue weighted by Crippen LogP contribution is 2.25. The lowest BCUT2D eigenvalue weighted by Gasteiger charge is -2.09. The highest BCUT2D eigenvalue weighted by atomic mass is 19.4. The standard InChI is InChI=1S/C12H13F3N2O/c1-17-7-3-2-4-9-8-10(5-6-11(9)16)18-12(13,14)15/h5-6,8,17H,3,7,16H2,1H3. The Bertz CT molecular complexity index is 461. The number of halogens is 3. The smallest absolute Gasteiger partial charge is 0.406 e. The van der Waals surface area contributed by atoms with Crippen molar-refractivity contribution in [2.75, 3.05) is 19.3 Å². The summed E-state index contributed by atoms with van der Waals surface area (Å²) in [5, 5.41) is 2.90. The number of hydrogen-bond acceptors (Lipinski definition) is 3. The van der Waals surface area contributed by atoms with Gasteiger partial charge in [-0.2, -0.15) is 0 Å². The number of hydrogen-bond donors (Lipinski definition) is 2. The summed E-state index contributed by atoms with van der Waals surface area (Å²) in [5.74, 6) is 5.19. The van der Waals surface area contributed by atoms with Crippen molar-refractivity contribution in [1.29, 1.82) is 0 Å². The molecule has 0 unspecified atom stereocenters. The molecule has 18 heavy (non-hydrogen) atoms. The monoisotopic (exact) mass is 258 g/mol. The van der Waals surface area contributed by atoms with Crippen LogP contribution in [0.1, 0.15) is 12.0 Å². The van der Waals surface area contributed by atoms with Gasteiger partial charge in [-0.1, -0.05) is 11.8 Å². The maximum atomic E-state index is 12.0. The molecule has 3 nitrogen and oxygen atoms in total. The molecule has 6 heteroatoms. The second kappa shape index (κ2) is 6.17. The Morgan fingerprint density at radius 2 is 2.11 bits per heavy atom. The van der Waals surface area contributed by atoms with E-state index in [1.54, 1.807) is 7.05 Å². The van der Waals surface area contributed by atoms with Gasteiger partial charge in [-0.25, -0.2) is 0 Å². The first-order valence-electron chi connectivity index (χ1n) is 5.21. The van der Waals surface area contributed by atoms with Crippen LogP contribution in [0, 0.1) is 11.8 Å². The number of benzene rings is 1. The van der Waals surface area contributed by atoms with Crippen molar-refractivity contribution in [2.45, 2.75) is 12.8 Å². The summed E-state index contributed by atoms with van der Waals surface area (Å²) in [6.07, 6.45) is -4.13. The molecule has 1 rings (SSSR count). The molecule has 0 bridgehead atoms. The molecule has 1 aromatic carbocycles. The third-order valence-electron chi connectivity index (χ3n) is 1.98. The third kappa shape index (κ3) is 4.97. The van der Waals surface area contributed by atoms with Crippen LogP contribution < -0.4 is 15.8 Å². The van der Waals surface area contributed by atoms with E-state index in [1.807, 2.05) is 0 Å². The minimum Gasteiger partial charge on any atom is -0.406 e. The van der Waals surface area contributed by atoms with Crippen molar-refractivity contribution in [2.24, 2.45) is 0 Å². The fraction of sp³-hybridized carbons (Fsp3) is 0.333. The Kier molecular flexibility index (Phi) is 4.86. The van der Waals surface area contributed by atoms with Crippen LogP contribution >= 0.6 is 0 Å². The largest absolute Gasteiger partial charge is 0.573 e. The summed E-state index contributed by atoms with van der Waals surface area (Å²) in [6, 6.07) is 3.67. The topological polar surface area (TPSA) is 47.3 Å². The second-order valence-corrected chi connectivity index (χ2v) is 3.45. The van der Waals surface area contributed by atoms with Crippen molar-refractivity contribution in [3.05, 3.63) is 23.8 Å². The average molecular weight is 258 g/mol. The molecular weight excluding hydrogens is 245 g/mol. The van der Waals surface area contributed by atoms with Gasteiger partial charge in [0.25, 0.3) is 0 Å². The fourth-order valence-corrected chi connectivity index (χ4v) is 1.19. The SMILES string of the molecule is CNCCC#Cc1cc(OC(F)(F)F)ccc1N. The Balaban J connectivity index is 2.83. The molecule has 0 aliphatic heterocycles. The number of alkyl halides is 3. The van der Waals surface area contributed by atoms with Crippen LogP contribution in [0.3, 0.4) is 0 Å². The van der Waals surface area contributed by atoms with E-state index in [4.69, 9.17) is 5.73 Å². The summed E-state index contributed by atoms with van der Waals surface area (Å²) < 4.78 is 39.9. The van der Waals surface area contributed by atoms with E-state index in [-0.39, 0.29) is 5.75 Å². The molecule has 98 valence electrons. The molecule has 1 aromatic rings. The number of nitrogens with two attached hydrogens (primary N) is 1. The lowest BCUT2D eigenvalue weighted by molar-refractivity contribution is -0.274. The van der Waals surface area contributed by atoms with E-state index >= 15 is 0 Å². The summed E-state index contributed by atoms with van der Waals surface area (Å²) in [4.78, 5) is 0. The van der Waals surface area contributed by atoms with Gasteiger partial charge in [0.2, 0.25) is 0 Å². The first-order chi connectivity index (χ1) is 8.42. The Morgan fingerprint density at radius 3 is 2.72 bits per heavy atom. The van der Waals surface area contributed by atoms with E-state index in [0.29, 0.717) is 24.2 Å². The van der Waals surface area contributed by atoms with Crippen LogP contribution in [-0.2, 0) is 0 Å². The molecule has 0 aliphatic carbocycles. The molecule has 0 radical (unpaired) electrons. The summed E-state index contributed by atoms with van der Waals surface area (Å²) in [6.45, 7) is 0.700. The zero-order valence-electron chi connectivity index (χ0n) is 9.77. The number of anilines is 1. The van der Waals surface area contributed by atoms with Gasteiger partial charge in [0.15, 0.2) is 0 Å². The van der Waals surface area contributed by atoms with Crippen LogP contribution in [-0.4, -0.2) is 20.0 Å². The molecule has 0 fully saturated rings. The Labute approximate surface area is 103 Å².